The number of ether oxygens (including phenoxy) is 1. The van der Waals surface area contributed by atoms with Gasteiger partial charge in [0.15, 0.2) is 0 Å². The molecule has 2 aromatic rings. The number of carbonyl (C=O) groups excluding carboxylic acids is 1. The maximum absolute atomic E-state index is 12.2. The van der Waals surface area contributed by atoms with Crippen LogP contribution in [0.15, 0.2) is 55.1 Å². The summed E-state index contributed by atoms with van der Waals surface area (Å²) in [6.07, 6.45) is 3.22. The molecule has 3 nitrogen and oxygen atoms in total. The van der Waals surface area contributed by atoms with Crippen molar-refractivity contribution in [1.82, 2.24) is 5.32 Å². The number of hydrogen-bond donors (Lipinski definition) is 1. The number of amides is 1. The minimum atomic E-state index is -0.0908. The third-order valence-corrected chi connectivity index (χ3v) is 3.77. The van der Waals surface area contributed by atoms with Gasteiger partial charge in [-0.3, -0.25) is 4.79 Å². The van der Waals surface area contributed by atoms with E-state index in [-0.39, 0.29) is 5.91 Å². The number of halogens is 1. The standard InChI is InChI=1S/C19H20ClNO2/c1-3-4-15-13-16(7-10-18(15)23-2)19(22)21-12-11-14-5-8-17(20)9-6-14/h3,5-10,13H,1,4,11-12H2,2H3,(H,21,22). The van der Waals surface area contributed by atoms with Gasteiger partial charge in [0.1, 0.15) is 5.75 Å². The molecule has 0 saturated heterocycles. The Morgan fingerprint density at radius 1 is 1.26 bits per heavy atom. The minimum absolute atomic E-state index is 0.0908. The molecule has 4 heteroatoms. The lowest BCUT2D eigenvalue weighted by Crippen LogP contribution is -2.25. The molecule has 120 valence electrons. The molecule has 0 unspecified atom stereocenters. The summed E-state index contributed by atoms with van der Waals surface area (Å²) >= 11 is 5.85. The van der Waals surface area contributed by atoms with Gasteiger partial charge in [-0.25, -0.2) is 0 Å². The van der Waals surface area contributed by atoms with Crippen LogP contribution in [-0.2, 0) is 12.8 Å². The lowest BCUT2D eigenvalue weighted by atomic mass is 10.1. The van der Waals surface area contributed by atoms with Crippen LogP contribution >= 0.6 is 11.6 Å². The molecular formula is C19H20ClNO2. The fourth-order valence-electron chi connectivity index (χ4n) is 2.31. The average molecular weight is 330 g/mol. The maximum Gasteiger partial charge on any atom is 0.251 e. The monoisotopic (exact) mass is 329 g/mol. The predicted molar refractivity (Wildman–Crippen MR) is 94.4 cm³/mol. The highest BCUT2D eigenvalue weighted by Crippen LogP contribution is 2.20. The fraction of sp³-hybridized carbons (Fsp3) is 0.211. The SMILES string of the molecule is C=CCc1cc(C(=O)NCCc2ccc(Cl)cc2)ccc1OC. The molecule has 1 amide bonds. The average Bonchev–Trinajstić information content (AvgIpc) is 2.57. The molecule has 0 bridgehead atoms. The topological polar surface area (TPSA) is 38.3 Å². The van der Waals surface area contributed by atoms with Gasteiger partial charge in [0.25, 0.3) is 5.91 Å². The van der Waals surface area contributed by atoms with Crippen LogP contribution in [-0.4, -0.2) is 19.6 Å². The van der Waals surface area contributed by atoms with Crippen molar-refractivity contribution in [3.63, 3.8) is 0 Å². The van der Waals surface area contributed by atoms with Gasteiger partial charge in [-0.2, -0.15) is 0 Å². The van der Waals surface area contributed by atoms with Crippen molar-refractivity contribution in [2.45, 2.75) is 12.8 Å². The van der Waals surface area contributed by atoms with E-state index in [1.807, 2.05) is 36.4 Å². The summed E-state index contributed by atoms with van der Waals surface area (Å²) < 4.78 is 5.29. The van der Waals surface area contributed by atoms with Crippen molar-refractivity contribution in [1.29, 1.82) is 0 Å². The molecule has 2 aromatic carbocycles. The smallest absolute Gasteiger partial charge is 0.251 e. The quantitative estimate of drug-likeness (QED) is 0.778. The Bertz CT molecular complexity index is 680. The lowest BCUT2D eigenvalue weighted by molar-refractivity contribution is 0.0954. The van der Waals surface area contributed by atoms with Crippen LogP contribution in [0, 0.1) is 0 Å². The summed E-state index contributed by atoms with van der Waals surface area (Å²) in [5.41, 5.74) is 2.71. The molecule has 0 spiro atoms. The molecule has 2 rings (SSSR count). The van der Waals surface area contributed by atoms with Crippen molar-refractivity contribution >= 4 is 17.5 Å². The first kappa shape index (κ1) is 17.1. The highest BCUT2D eigenvalue weighted by atomic mass is 35.5. The Balaban J connectivity index is 1.96. The summed E-state index contributed by atoms with van der Waals surface area (Å²) in [6, 6.07) is 13.1. The van der Waals surface area contributed by atoms with Gasteiger partial charge in [-0.15, -0.1) is 6.58 Å². The number of benzene rings is 2. The van der Waals surface area contributed by atoms with Crippen molar-refractivity contribution in [3.8, 4) is 5.75 Å². The first-order valence-corrected chi connectivity index (χ1v) is 7.82. The van der Waals surface area contributed by atoms with E-state index in [4.69, 9.17) is 16.3 Å². The van der Waals surface area contributed by atoms with Crippen molar-refractivity contribution in [2.24, 2.45) is 0 Å². The van der Waals surface area contributed by atoms with Gasteiger partial charge < -0.3 is 10.1 Å². The summed E-state index contributed by atoms with van der Waals surface area (Å²) in [6.45, 7) is 4.30. The second kappa shape index (κ2) is 8.39. The minimum Gasteiger partial charge on any atom is -0.496 e. The molecule has 0 radical (unpaired) electrons. The van der Waals surface area contributed by atoms with E-state index in [0.717, 1.165) is 23.3 Å². The molecule has 23 heavy (non-hydrogen) atoms. The first-order valence-electron chi connectivity index (χ1n) is 7.44. The highest BCUT2D eigenvalue weighted by molar-refractivity contribution is 6.30. The molecule has 0 aromatic heterocycles. The van der Waals surface area contributed by atoms with Crippen molar-refractivity contribution in [3.05, 3.63) is 76.8 Å². The molecule has 0 atom stereocenters. The van der Waals surface area contributed by atoms with Gasteiger partial charge >= 0.3 is 0 Å². The Labute approximate surface area is 141 Å². The second-order valence-corrected chi connectivity index (χ2v) is 5.59. The van der Waals surface area contributed by atoms with Crippen LogP contribution < -0.4 is 10.1 Å². The third-order valence-electron chi connectivity index (χ3n) is 3.52. The normalized spacial score (nSPS) is 10.2. The van der Waals surface area contributed by atoms with Crippen molar-refractivity contribution < 1.29 is 9.53 Å². The molecule has 0 fully saturated rings. The Morgan fingerprint density at radius 3 is 2.65 bits per heavy atom. The molecule has 0 saturated carbocycles. The van der Waals surface area contributed by atoms with E-state index >= 15 is 0 Å². The Hall–Kier alpha value is -2.26. The van der Waals surface area contributed by atoms with Crippen LogP contribution in [0.25, 0.3) is 0 Å². The number of methoxy groups -OCH3 is 1. The lowest BCUT2D eigenvalue weighted by Gasteiger charge is -2.10. The van der Waals surface area contributed by atoms with Crippen molar-refractivity contribution in [2.75, 3.05) is 13.7 Å². The molecule has 0 aliphatic rings. The number of hydrogen-bond acceptors (Lipinski definition) is 2. The molecule has 1 N–H and O–H groups in total. The molecule has 0 aliphatic heterocycles. The zero-order valence-electron chi connectivity index (χ0n) is 13.1. The molecular weight excluding hydrogens is 310 g/mol. The maximum atomic E-state index is 12.2. The number of carbonyl (C=O) groups is 1. The fourth-order valence-corrected chi connectivity index (χ4v) is 2.43. The van der Waals surface area contributed by atoms with E-state index in [0.29, 0.717) is 23.6 Å². The summed E-state index contributed by atoms with van der Waals surface area (Å²) in [5, 5.41) is 3.64. The van der Waals surface area contributed by atoms with Crippen LogP contribution in [0.2, 0.25) is 5.02 Å². The van der Waals surface area contributed by atoms with Gasteiger partial charge in [0.2, 0.25) is 0 Å². The van der Waals surface area contributed by atoms with Crippen LogP contribution in [0.4, 0.5) is 0 Å². The Morgan fingerprint density at radius 2 is 2.00 bits per heavy atom. The van der Waals surface area contributed by atoms with Crippen LogP contribution in [0.1, 0.15) is 21.5 Å². The third kappa shape index (κ3) is 4.86. The zero-order valence-corrected chi connectivity index (χ0v) is 13.9. The summed E-state index contributed by atoms with van der Waals surface area (Å²) in [5.74, 6) is 0.676. The summed E-state index contributed by atoms with van der Waals surface area (Å²) in [4.78, 5) is 12.2. The highest BCUT2D eigenvalue weighted by Gasteiger charge is 2.09. The molecule has 0 aliphatic carbocycles. The van der Waals surface area contributed by atoms with E-state index < -0.39 is 0 Å². The van der Waals surface area contributed by atoms with Gasteiger partial charge in [-0.1, -0.05) is 29.8 Å². The van der Waals surface area contributed by atoms with E-state index in [2.05, 4.69) is 11.9 Å². The van der Waals surface area contributed by atoms with E-state index in [1.54, 1.807) is 19.3 Å². The predicted octanol–water partition coefficient (Wildman–Crippen LogP) is 4.05. The van der Waals surface area contributed by atoms with Gasteiger partial charge in [-0.05, 0) is 54.3 Å². The van der Waals surface area contributed by atoms with E-state index in [9.17, 15) is 4.79 Å². The summed E-state index contributed by atoms with van der Waals surface area (Å²) in [7, 11) is 1.62. The number of nitrogens with one attached hydrogen (secondary N) is 1. The Kier molecular flexibility index (Phi) is 6.24. The zero-order chi connectivity index (χ0) is 16.7. The van der Waals surface area contributed by atoms with E-state index in [1.165, 1.54) is 0 Å². The number of allylic oxidation sites excluding steroid dienone is 1. The van der Waals surface area contributed by atoms with Gasteiger partial charge in [0, 0.05) is 17.1 Å². The number of rotatable bonds is 7. The first-order chi connectivity index (χ1) is 11.1. The van der Waals surface area contributed by atoms with Crippen LogP contribution in [0.3, 0.4) is 0 Å². The molecule has 0 heterocycles. The van der Waals surface area contributed by atoms with Crippen LogP contribution in [0.5, 0.6) is 5.75 Å². The second-order valence-electron chi connectivity index (χ2n) is 5.15. The largest absolute Gasteiger partial charge is 0.496 e. The van der Waals surface area contributed by atoms with Gasteiger partial charge in [0.05, 0.1) is 7.11 Å².